The van der Waals surface area contributed by atoms with Crippen molar-refractivity contribution in [2.45, 2.75) is 61.7 Å². The second-order valence-corrected chi connectivity index (χ2v) is 6.75. The molecule has 0 bridgehead atoms. The number of allylic oxidation sites excluding steroid dienone is 4. The number of hydrogen-bond donors (Lipinski definition) is 0. The molecule has 0 saturated carbocycles. The van der Waals surface area contributed by atoms with E-state index in [-0.39, 0.29) is 0 Å². The minimum Gasteiger partial charge on any atom is -0.450 e. The quantitative estimate of drug-likeness (QED) is 0.429. The van der Waals surface area contributed by atoms with E-state index < -0.39 is 69.5 Å². The van der Waals surface area contributed by atoms with Gasteiger partial charge in [-0.2, -0.15) is 35.1 Å². The van der Waals surface area contributed by atoms with Crippen molar-refractivity contribution in [1.82, 2.24) is 0 Å². The molecule has 27 heavy (non-hydrogen) atoms. The van der Waals surface area contributed by atoms with Gasteiger partial charge < -0.3 is 4.74 Å². The largest absolute Gasteiger partial charge is 0.450 e. The topological polar surface area (TPSA) is 9.23 Å². The van der Waals surface area contributed by atoms with E-state index in [2.05, 4.69) is 4.74 Å². The highest BCUT2D eigenvalue weighted by atomic mass is 35.5. The Hall–Kier alpha value is -0.840. The van der Waals surface area contributed by atoms with E-state index in [1.54, 1.807) is 0 Å². The number of hydrogen-bond acceptors (Lipinski definition) is 1. The zero-order chi connectivity index (χ0) is 21.4. The highest BCUT2D eigenvalue weighted by molar-refractivity contribution is 6.32. The Morgan fingerprint density at radius 1 is 0.630 bits per heavy atom. The van der Waals surface area contributed by atoms with Crippen LogP contribution in [0.5, 0.6) is 0 Å². The summed E-state index contributed by atoms with van der Waals surface area (Å²) in [5.74, 6) is -27.4. The predicted molar refractivity (Wildman–Crippen MR) is 74.9 cm³/mol. The van der Waals surface area contributed by atoms with Crippen molar-refractivity contribution in [3.05, 3.63) is 21.6 Å². The first-order valence-corrected chi connectivity index (χ1v) is 8.05. The minimum atomic E-state index is -5.60. The molecule has 0 saturated heterocycles. The third-order valence-corrected chi connectivity index (χ3v) is 5.57. The molecular formula is C14H10Cl2F10O. The normalized spacial score (nSPS) is 36.5. The van der Waals surface area contributed by atoms with Crippen molar-refractivity contribution >= 4 is 23.2 Å². The van der Waals surface area contributed by atoms with Crippen LogP contribution >= 0.6 is 23.2 Å². The Labute approximate surface area is 155 Å². The molecule has 0 radical (unpaired) electrons. The summed E-state index contributed by atoms with van der Waals surface area (Å²) in [7, 11) is 0. The van der Waals surface area contributed by atoms with Crippen LogP contribution < -0.4 is 0 Å². The van der Waals surface area contributed by atoms with Crippen LogP contribution in [0.15, 0.2) is 21.6 Å². The molecule has 0 spiro atoms. The van der Waals surface area contributed by atoms with Crippen molar-refractivity contribution in [3.8, 4) is 0 Å². The Bertz CT molecular complexity index is 671. The summed E-state index contributed by atoms with van der Waals surface area (Å²) in [5.41, 5.74) is -8.46. The second kappa shape index (κ2) is 5.84. The fraction of sp³-hybridized carbons (Fsp3) is 0.714. The van der Waals surface area contributed by atoms with Crippen LogP contribution in [-0.4, -0.2) is 35.0 Å². The van der Waals surface area contributed by atoms with Gasteiger partial charge in [0.25, 0.3) is 0 Å². The summed E-state index contributed by atoms with van der Waals surface area (Å²) in [6, 6.07) is 0. The van der Waals surface area contributed by atoms with E-state index in [9.17, 15) is 43.9 Å². The Balaban J connectivity index is 2.69. The SMILES string of the molecule is CCC1(F)C(Cl)=C(OC2=C(Cl)C(F)(CC)C(F)(F)C2(F)F)C(F)(F)C1(F)F. The smallest absolute Gasteiger partial charge is 0.371 e. The van der Waals surface area contributed by atoms with E-state index in [1.807, 2.05) is 0 Å². The van der Waals surface area contributed by atoms with Crippen LogP contribution in [0.25, 0.3) is 0 Å². The predicted octanol–water partition coefficient (Wildman–Crippen LogP) is 6.71. The zero-order valence-corrected chi connectivity index (χ0v) is 14.9. The fourth-order valence-corrected chi connectivity index (χ4v) is 3.59. The van der Waals surface area contributed by atoms with Crippen LogP contribution in [0.4, 0.5) is 43.9 Å². The number of rotatable bonds is 4. The van der Waals surface area contributed by atoms with Gasteiger partial charge in [0, 0.05) is 0 Å². The van der Waals surface area contributed by atoms with Crippen LogP contribution in [0.3, 0.4) is 0 Å². The molecule has 156 valence electrons. The molecule has 2 aliphatic rings. The van der Waals surface area contributed by atoms with Crippen LogP contribution in [0.1, 0.15) is 26.7 Å². The summed E-state index contributed by atoms with van der Waals surface area (Å²) >= 11 is 10.4. The molecule has 0 amide bonds. The lowest BCUT2D eigenvalue weighted by molar-refractivity contribution is -0.249. The minimum absolute atomic E-state index is 0.698. The summed E-state index contributed by atoms with van der Waals surface area (Å²) in [6.07, 6.45) is -2.66. The summed E-state index contributed by atoms with van der Waals surface area (Å²) in [6.45, 7) is 1.40. The summed E-state index contributed by atoms with van der Waals surface area (Å²) in [4.78, 5) is 0. The molecule has 0 fully saturated rings. The first kappa shape index (κ1) is 22.4. The van der Waals surface area contributed by atoms with E-state index in [0.717, 1.165) is 0 Å². The van der Waals surface area contributed by atoms with Crippen molar-refractivity contribution in [2.75, 3.05) is 0 Å². The van der Waals surface area contributed by atoms with Crippen LogP contribution in [-0.2, 0) is 4.74 Å². The molecule has 0 aliphatic heterocycles. The second-order valence-electron chi connectivity index (χ2n) is 6.00. The molecule has 2 rings (SSSR count). The lowest BCUT2D eigenvalue weighted by atomic mass is 9.97. The Morgan fingerprint density at radius 2 is 0.889 bits per heavy atom. The molecule has 0 aromatic heterocycles. The van der Waals surface area contributed by atoms with Crippen LogP contribution in [0, 0.1) is 0 Å². The molecule has 0 heterocycles. The summed E-state index contributed by atoms with van der Waals surface area (Å²) in [5, 5.41) is -4.02. The molecule has 2 atom stereocenters. The molecule has 1 nitrogen and oxygen atoms in total. The van der Waals surface area contributed by atoms with Gasteiger partial charge in [-0.05, 0) is 12.8 Å². The van der Waals surface area contributed by atoms with Gasteiger partial charge in [0.05, 0.1) is 0 Å². The standard InChI is InChI=1S/C14H10Cl2F10O/c1-3-9(17)5(15)7(11(19,20)13(9,23)24)27-8-6(16)10(18,4-2)14(25,26)12(8,21)22/h3-4H2,1-2H3. The van der Waals surface area contributed by atoms with Gasteiger partial charge in [-0.15, -0.1) is 0 Å². The third-order valence-electron chi connectivity index (χ3n) is 4.63. The van der Waals surface area contributed by atoms with Gasteiger partial charge in [0.2, 0.25) is 11.3 Å². The van der Waals surface area contributed by atoms with Crippen molar-refractivity contribution in [2.24, 2.45) is 0 Å². The zero-order valence-electron chi connectivity index (χ0n) is 13.4. The number of alkyl halides is 10. The van der Waals surface area contributed by atoms with E-state index in [1.165, 1.54) is 0 Å². The van der Waals surface area contributed by atoms with Gasteiger partial charge in [-0.25, -0.2) is 8.78 Å². The first-order chi connectivity index (χ1) is 11.9. The molecule has 0 N–H and O–H groups in total. The van der Waals surface area contributed by atoms with Crippen LogP contribution in [0.2, 0.25) is 0 Å². The molecular weight excluding hydrogens is 445 g/mol. The highest BCUT2D eigenvalue weighted by Gasteiger charge is 2.82. The van der Waals surface area contributed by atoms with Gasteiger partial charge >= 0.3 is 23.7 Å². The van der Waals surface area contributed by atoms with Crippen molar-refractivity contribution in [3.63, 3.8) is 0 Å². The molecule has 0 aromatic carbocycles. The number of halogens is 12. The maximum absolute atomic E-state index is 14.3. The maximum Gasteiger partial charge on any atom is 0.371 e. The first-order valence-electron chi connectivity index (χ1n) is 7.30. The Morgan fingerprint density at radius 3 is 1.07 bits per heavy atom. The molecule has 0 aromatic rings. The molecule has 2 unspecified atom stereocenters. The lowest BCUT2D eigenvalue weighted by Crippen LogP contribution is -2.52. The maximum atomic E-state index is 14.3. The van der Waals surface area contributed by atoms with Gasteiger partial charge in [-0.1, -0.05) is 37.0 Å². The molecule has 2 aliphatic carbocycles. The van der Waals surface area contributed by atoms with E-state index >= 15 is 0 Å². The fourth-order valence-electron chi connectivity index (χ4n) is 2.77. The Kier molecular flexibility index (Phi) is 4.85. The van der Waals surface area contributed by atoms with Gasteiger partial charge in [0.1, 0.15) is 10.1 Å². The average Bonchev–Trinajstić information content (AvgIpc) is 2.73. The summed E-state index contributed by atoms with van der Waals surface area (Å²) < 4.78 is 144. The third kappa shape index (κ3) is 2.27. The molecule has 13 heteroatoms. The number of ether oxygens (including phenoxy) is 1. The van der Waals surface area contributed by atoms with Crippen molar-refractivity contribution < 1.29 is 48.6 Å². The lowest BCUT2D eigenvalue weighted by Gasteiger charge is -2.30. The average molecular weight is 455 g/mol. The van der Waals surface area contributed by atoms with Crippen molar-refractivity contribution in [1.29, 1.82) is 0 Å². The van der Waals surface area contributed by atoms with E-state index in [0.29, 0.717) is 13.8 Å². The highest BCUT2D eigenvalue weighted by Crippen LogP contribution is 2.65. The van der Waals surface area contributed by atoms with Gasteiger partial charge in [0.15, 0.2) is 11.5 Å². The monoisotopic (exact) mass is 454 g/mol. The van der Waals surface area contributed by atoms with Gasteiger partial charge in [-0.3, -0.25) is 0 Å². The van der Waals surface area contributed by atoms with E-state index in [4.69, 9.17) is 23.2 Å².